The zero-order valence-electron chi connectivity index (χ0n) is 6.49. The van der Waals surface area contributed by atoms with Gasteiger partial charge >= 0.3 is 0 Å². The minimum absolute atomic E-state index is 0.432. The molecule has 1 unspecified atom stereocenters. The van der Waals surface area contributed by atoms with E-state index < -0.39 is 6.10 Å². The Hall–Kier alpha value is -0.470. The van der Waals surface area contributed by atoms with Gasteiger partial charge in [-0.3, -0.25) is 0 Å². The van der Waals surface area contributed by atoms with E-state index >= 15 is 0 Å². The highest BCUT2D eigenvalue weighted by Gasteiger charge is 2.03. The van der Waals surface area contributed by atoms with Crippen LogP contribution in [0.3, 0.4) is 0 Å². The molecule has 1 atom stereocenters. The second-order valence-corrected chi connectivity index (χ2v) is 2.98. The highest BCUT2D eigenvalue weighted by Crippen LogP contribution is 2.14. The minimum atomic E-state index is -0.432. The summed E-state index contributed by atoms with van der Waals surface area (Å²) < 4.78 is 0. The average Bonchev–Trinajstić information content (AvgIpc) is 2.03. The maximum Gasteiger partial charge on any atom is 0.0877 e. The van der Waals surface area contributed by atoms with Gasteiger partial charge in [-0.1, -0.05) is 29.8 Å². The molecular weight excluding hydrogens is 156 g/mol. The van der Waals surface area contributed by atoms with Crippen LogP contribution in [0.1, 0.15) is 17.2 Å². The molecule has 0 aromatic heterocycles. The molecule has 0 heterocycles. The normalized spacial score (nSPS) is 13.0. The number of aryl methyl sites for hydroxylation is 1. The van der Waals surface area contributed by atoms with Gasteiger partial charge in [-0.05, 0) is 12.5 Å². The summed E-state index contributed by atoms with van der Waals surface area (Å²) in [6.45, 7) is 2.01. The average molecular weight is 168 g/mol. The Morgan fingerprint density at radius 1 is 1.55 bits per heavy atom. The quantitative estimate of drug-likeness (QED) is 0.647. The molecule has 0 amide bonds. The summed E-state index contributed by atoms with van der Waals surface area (Å²) in [7, 11) is 0. The van der Waals surface area contributed by atoms with Crippen LogP contribution in [0.25, 0.3) is 0 Å². The third-order valence-electron chi connectivity index (χ3n) is 1.60. The third kappa shape index (κ3) is 2.24. The van der Waals surface area contributed by atoms with E-state index in [1.54, 1.807) is 0 Å². The van der Waals surface area contributed by atoms with Crippen molar-refractivity contribution in [2.75, 3.05) is 5.75 Å². The molecule has 0 aliphatic heterocycles. The molecule has 1 nitrogen and oxygen atoms in total. The molecular formula is C9H12OS. The maximum atomic E-state index is 9.38. The van der Waals surface area contributed by atoms with Crippen LogP contribution < -0.4 is 0 Å². The van der Waals surface area contributed by atoms with Gasteiger partial charge in [0, 0.05) is 5.75 Å². The molecule has 1 aromatic carbocycles. The Morgan fingerprint density at radius 2 is 2.27 bits per heavy atom. The first-order chi connectivity index (χ1) is 5.24. The van der Waals surface area contributed by atoms with Crippen molar-refractivity contribution < 1.29 is 5.11 Å². The van der Waals surface area contributed by atoms with Crippen molar-refractivity contribution in [3.8, 4) is 0 Å². The van der Waals surface area contributed by atoms with Gasteiger partial charge in [0.05, 0.1) is 6.10 Å². The van der Waals surface area contributed by atoms with Crippen molar-refractivity contribution in [1.82, 2.24) is 0 Å². The van der Waals surface area contributed by atoms with Crippen molar-refractivity contribution in [3.05, 3.63) is 35.4 Å². The van der Waals surface area contributed by atoms with Crippen LogP contribution in [0, 0.1) is 6.92 Å². The molecule has 0 aliphatic carbocycles. The molecule has 0 bridgehead atoms. The van der Waals surface area contributed by atoms with E-state index in [1.807, 2.05) is 31.2 Å². The summed E-state index contributed by atoms with van der Waals surface area (Å²) in [5.74, 6) is 0.476. The summed E-state index contributed by atoms with van der Waals surface area (Å²) in [5, 5.41) is 9.38. The molecule has 0 aliphatic rings. The minimum Gasteiger partial charge on any atom is -0.388 e. The van der Waals surface area contributed by atoms with Crippen molar-refractivity contribution >= 4 is 12.6 Å². The Balaban J connectivity index is 2.86. The van der Waals surface area contributed by atoms with Crippen molar-refractivity contribution in [2.45, 2.75) is 13.0 Å². The van der Waals surface area contributed by atoms with Crippen molar-refractivity contribution in [3.63, 3.8) is 0 Å². The molecule has 0 radical (unpaired) electrons. The van der Waals surface area contributed by atoms with Crippen molar-refractivity contribution in [2.24, 2.45) is 0 Å². The number of hydrogen-bond donors (Lipinski definition) is 2. The predicted octanol–water partition coefficient (Wildman–Crippen LogP) is 1.96. The summed E-state index contributed by atoms with van der Waals surface area (Å²) in [6.07, 6.45) is -0.432. The van der Waals surface area contributed by atoms with E-state index in [0.717, 1.165) is 5.56 Å². The molecule has 1 rings (SSSR count). The van der Waals surface area contributed by atoms with Crippen LogP contribution in [0.5, 0.6) is 0 Å². The standard InChI is InChI=1S/C9H12OS/c1-7-3-2-4-8(5-7)9(10)6-11/h2-5,9-11H,6H2,1H3. The first kappa shape index (κ1) is 8.62. The topological polar surface area (TPSA) is 20.2 Å². The van der Waals surface area contributed by atoms with Crippen molar-refractivity contribution in [1.29, 1.82) is 0 Å². The van der Waals surface area contributed by atoms with E-state index in [1.165, 1.54) is 5.56 Å². The number of aliphatic hydroxyl groups excluding tert-OH is 1. The summed E-state index contributed by atoms with van der Waals surface area (Å²) >= 11 is 4.01. The van der Waals surface area contributed by atoms with Gasteiger partial charge in [-0.25, -0.2) is 0 Å². The second kappa shape index (κ2) is 3.79. The van der Waals surface area contributed by atoms with E-state index in [2.05, 4.69) is 12.6 Å². The number of hydrogen-bond acceptors (Lipinski definition) is 2. The molecule has 2 heteroatoms. The maximum absolute atomic E-state index is 9.38. The van der Waals surface area contributed by atoms with Crippen LogP contribution in [-0.2, 0) is 0 Å². The fraction of sp³-hybridized carbons (Fsp3) is 0.333. The fourth-order valence-corrected chi connectivity index (χ4v) is 1.19. The lowest BCUT2D eigenvalue weighted by Gasteiger charge is -2.07. The highest BCUT2D eigenvalue weighted by atomic mass is 32.1. The SMILES string of the molecule is Cc1cccc(C(O)CS)c1. The first-order valence-corrected chi connectivity index (χ1v) is 4.23. The van der Waals surface area contributed by atoms with Crippen LogP contribution in [0.15, 0.2) is 24.3 Å². The third-order valence-corrected chi connectivity index (χ3v) is 1.95. The van der Waals surface area contributed by atoms with E-state index in [0.29, 0.717) is 5.75 Å². The summed E-state index contributed by atoms with van der Waals surface area (Å²) in [6, 6.07) is 7.83. The smallest absolute Gasteiger partial charge is 0.0877 e. The molecule has 60 valence electrons. The van der Waals surface area contributed by atoms with E-state index in [4.69, 9.17) is 0 Å². The van der Waals surface area contributed by atoms with Gasteiger partial charge in [0.2, 0.25) is 0 Å². The molecule has 0 saturated heterocycles. The monoisotopic (exact) mass is 168 g/mol. The molecule has 11 heavy (non-hydrogen) atoms. The van der Waals surface area contributed by atoms with E-state index in [-0.39, 0.29) is 0 Å². The molecule has 0 saturated carbocycles. The highest BCUT2D eigenvalue weighted by molar-refractivity contribution is 7.80. The van der Waals surface area contributed by atoms with Gasteiger partial charge in [0.15, 0.2) is 0 Å². The lowest BCUT2D eigenvalue weighted by Crippen LogP contribution is -1.98. The Bertz CT molecular complexity index is 235. The Labute approximate surface area is 72.5 Å². The summed E-state index contributed by atoms with van der Waals surface area (Å²) in [5.41, 5.74) is 2.11. The Morgan fingerprint density at radius 3 is 2.82 bits per heavy atom. The van der Waals surface area contributed by atoms with Gasteiger partial charge < -0.3 is 5.11 Å². The first-order valence-electron chi connectivity index (χ1n) is 3.59. The number of rotatable bonds is 2. The van der Waals surface area contributed by atoms with E-state index in [9.17, 15) is 5.11 Å². The largest absolute Gasteiger partial charge is 0.388 e. The lowest BCUT2D eigenvalue weighted by molar-refractivity contribution is 0.204. The molecule has 1 N–H and O–H groups in total. The number of benzene rings is 1. The zero-order valence-corrected chi connectivity index (χ0v) is 7.38. The predicted molar refractivity (Wildman–Crippen MR) is 50.0 cm³/mol. The molecule has 0 fully saturated rings. The summed E-state index contributed by atoms with van der Waals surface area (Å²) in [4.78, 5) is 0. The number of thiol groups is 1. The number of aliphatic hydroxyl groups is 1. The second-order valence-electron chi connectivity index (χ2n) is 2.61. The van der Waals surface area contributed by atoms with Gasteiger partial charge in [0.25, 0.3) is 0 Å². The Kier molecular flexibility index (Phi) is 2.97. The van der Waals surface area contributed by atoms with Crippen LogP contribution in [0.4, 0.5) is 0 Å². The fourth-order valence-electron chi connectivity index (χ4n) is 0.983. The lowest BCUT2D eigenvalue weighted by atomic mass is 10.1. The van der Waals surface area contributed by atoms with Gasteiger partial charge in [-0.2, -0.15) is 12.6 Å². The van der Waals surface area contributed by atoms with Crippen LogP contribution >= 0.6 is 12.6 Å². The van der Waals surface area contributed by atoms with Gasteiger partial charge in [0.1, 0.15) is 0 Å². The zero-order chi connectivity index (χ0) is 8.27. The molecule has 0 spiro atoms. The van der Waals surface area contributed by atoms with Crippen LogP contribution in [-0.4, -0.2) is 10.9 Å². The molecule has 1 aromatic rings. The van der Waals surface area contributed by atoms with Gasteiger partial charge in [-0.15, -0.1) is 0 Å². The van der Waals surface area contributed by atoms with Crippen LogP contribution in [0.2, 0.25) is 0 Å².